The predicted octanol–water partition coefficient (Wildman–Crippen LogP) is 2.42. The molecular weight excluding hydrogens is 251 g/mol. The highest BCUT2D eigenvalue weighted by Gasteiger charge is 2.11. The summed E-state index contributed by atoms with van der Waals surface area (Å²) in [6.07, 6.45) is 0. The van der Waals surface area contributed by atoms with Gasteiger partial charge in [0.05, 0.1) is 24.7 Å². The van der Waals surface area contributed by atoms with Gasteiger partial charge < -0.3 is 0 Å². The van der Waals surface area contributed by atoms with Crippen molar-refractivity contribution in [1.29, 1.82) is 0 Å². The molecule has 0 saturated carbocycles. The van der Waals surface area contributed by atoms with E-state index >= 15 is 0 Å². The van der Waals surface area contributed by atoms with E-state index < -0.39 is 8.27 Å². The molecule has 2 nitrogen and oxygen atoms in total. The van der Waals surface area contributed by atoms with Crippen molar-refractivity contribution in [2.24, 2.45) is 0 Å². The first-order valence-electron chi connectivity index (χ1n) is 2.71. The standard InChI is InChI=1S/C6H4BrClO2S/c7-11(9,10)6-4-2-1-3-5(6)8/h1-4H. The van der Waals surface area contributed by atoms with E-state index in [-0.39, 0.29) is 9.92 Å². The molecule has 0 unspecified atom stereocenters. The SMILES string of the molecule is O=S(=O)(Br)c1ccccc1Cl. The van der Waals surface area contributed by atoms with Gasteiger partial charge in [0, 0.05) is 0 Å². The molecule has 1 aromatic rings. The molecule has 0 aliphatic carbocycles. The molecule has 0 aliphatic rings. The molecule has 0 aliphatic heterocycles. The van der Waals surface area contributed by atoms with E-state index in [1.54, 1.807) is 12.1 Å². The monoisotopic (exact) mass is 254 g/mol. The molecule has 0 radical (unpaired) electrons. The first kappa shape index (κ1) is 9.03. The lowest BCUT2D eigenvalue weighted by Gasteiger charge is -1.96. The zero-order valence-electron chi connectivity index (χ0n) is 5.29. The van der Waals surface area contributed by atoms with Gasteiger partial charge in [-0.3, -0.25) is 0 Å². The van der Waals surface area contributed by atoms with Crippen molar-refractivity contribution in [2.45, 2.75) is 4.90 Å². The summed E-state index contributed by atoms with van der Waals surface area (Å²) in [5.74, 6) is 0. The topological polar surface area (TPSA) is 34.1 Å². The first-order chi connectivity index (χ1) is 5.02. The van der Waals surface area contributed by atoms with Crippen molar-refractivity contribution in [2.75, 3.05) is 0 Å². The lowest BCUT2D eigenvalue weighted by Crippen LogP contribution is -1.89. The van der Waals surface area contributed by atoms with Crippen molar-refractivity contribution >= 4 is 34.7 Å². The fourth-order valence-corrected chi connectivity index (χ4v) is 2.75. The van der Waals surface area contributed by atoms with Gasteiger partial charge in [0.15, 0.2) is 0 Å². The Morgan fingerprint density at radius 1 is 1.27 bits per heavy atom. The first-order valence-corrected chi connectivity index (χ1v) is 6.41. The molecule has 0 amide bonds. The second-order valence-electron chi connectivity index (χ2n) is 1.87. The van der Waals surface area contributed by atoms with E-state index in [0.717, 1.165) is 0 Å². The molecule has 11 heavy (non-hydrogen) atoms. The van der Waals surface area contributed by atoms with Gasteiger partial charge in [0.1, 0.15) is 0 Å². The predicted molar refractivity (Wildman–Crippen MR) is 47.6 cm³/mol. The second kappa shape index (κ2) is 3.13. The fourth-order valence-electron chi connectivity index (χ4n) is 0.642. The molecule has 0 saturated heterocycles. The quantitative estimate of drug-likeness (QED) is 0.722. The number of rotatable bonds is 1. The zero-order chi connectivity index (χ0) is 8.48. The van der Waals surface area contributed by atoms with E-state index in [9.17, 15) is 8.42 Å². The molecular formula is C6H4BrClO2S. The van der Waals surface area contributed by atoms with Crippen LogP contribution in [0.3, 0.4) is 0 Å². The summed E-state index contributed by atoms with van der Waals surface area (Å²) in [5, 5.41) is 0.226. The number of halogens is 2. The van der Waals surface area contributed by atoms with Gasteiger partial charge in [0.25, 0.3) is 0 Å². The minimum atomic E-state index is -3.35. The summed E-state index contributed by atoms with van der Waals surface area (Å²) in [7, 11) is -3.35. The Bertz CT molecular complexity index is 361. The Morgan fingerprint density at radius 3 is 2.18 bits per heavy atom. The van der Waals surface area contributed by atoms with Crippen LogP contribution >= 0.6 is 26.4 Å². The molecule has 60 valence electrons. The summed E-state index contributed by atoms with van der Waals surface area (Å²) >= 11 is 8.12. The highest BCUT2D eigenvalue weighted by atomic mass is 79.9. The summed E-state index contributed by atoms with van der Waals surface area (Å²) in [5.41, 5.74) is 0. The second-order valence-corrected chi connectivity index (χ2v) is 6.15. The van der Waals surface area contributed by atoms with Crippen molar-refractivity contribution in [3.8, 4) is 0 Å². The van der Waals surface area contributed by atoms with E-state index in [1.807, 2.05) is 0 Å². The largest absolute Gasteiger partial charge is 0.238 e. The molecule has 0 heterocycles. The van der Waals surface area contributed by atoms with Gasteiger partial charge in [0.2, 0.25) is 8.27 Å². The molecule has 0 atom stereocenters. The molecule has 1 aromatic carbocycles. The van der Waals surface area contributed by atoms with Crippen LogP contribution in [0.15, 0.2) is 29.2 Å². The smallest absolute Gasteiger partial charge is 0.212 e. The number of hydrogen-bond acceptors (Lipinski definition) is 2. The van der Waals surface area contributed by atoms with E-state index in [1.165, 1.54) is 12.1 Å². The van der Waals surface area contributed by atoms with Gasteiger partial charge in [-0.15, -0.1) is 0 Å². The van der Waals surface area contributed by atoms with Crippen LogP contribution in [0.2, 0.25) is 5.02 Å². The van der Waals surface area contributed by atoms with Crippen LogP contribution in [0.4, 0.5) is 0 Å². The minimum Gasteiger partial charge on any atom is -0.212 e. The normalized spacial score (nSPS) is 11.5. The van der Waals surface area contributed by atoms with Crippen LogP contribution in [-0.4, -0.2) is 8.42 Å². The van der Waals surface area contributed by atoms with Crippen LogP contribution in [0.1, 0.15) is 0 Å². The third-order valence-corrected chi connectivity index (χ3v) is 3.47. The maximum Gasteiger partial charge on any atom is 0.238 e. The van der Waals surface area contributed by atoms with Crippen LogP contribution < -0.4 is 0 Å². The van der Waals surface area contributed by atoms with Crippen molar-refractivity contribution in [1.82, 2.24) is 0 Å². The molecule has 0 bridgehead atoms. The van der Waals surface area contributed by atoms with Crippen molar-refractivity contribution < 1.29 is 8.42 Å². The summed E-state index contributed by atoms with van der Waals surface area (Å²) < 4.78 is 21.8. The average Bonchev–Trinajstić information content (AvgIpc) is 1.86. The van der Waals surface area contributed by atoms with E-state index in [4.69, 9.17) is 11.6 Å². The fraction of sp³-hybridized carbons (Fsp3) is 0. The molecule has 0 spiro atoms. The molecule has 5 heteroatoms. The Balaban J connectivity index is 3.37. The lowest BCUT2D eigenvalue weighted by atomic mass is 10.4. The third kappa shape index (κ3) is 2.18. The van der Waals surface area contributed by atoms with Crippen LogP contribution in [-0.2, 0) is 8.27 Å². The Morgan fingerprint density at radius 2 is 1.82 bits per heavy atom. The summed E-state index contributed by atoms with van der Waals surface area (Å²) in [6.45, 7) is 0. The van der Waals surface area contributed by atoms with E-state index in [0.29, 0.717) is 0 Å². The van der Waals surface area contributed by atoms with Gasteiger partial charge in [-0.25, -0.2) is 8.42 Å². The Labute approximate surface area is 77.3 Å². The van der Waals surface area contributed by atoms with Crippen LogP contribution in [0, 0.1) is 0 Å². The maximum atomic E-state index is 10.9. The van der Waals surface area contributed by atoms with E-state index in [2.05, 4.69) is 14.8 Å². The lowest BCUT2D eigenvalue weighted by molar-refractivity contribution is 0.611. The van der Waals surface area contributed by atoms with Crippen LogP contribution in [0.25, 0.3) is 0 Å². The molecule has 0 fully saturated rings. The Hall–Kier alpha value is -0.0600. The van der Waals surface area contributed by atoms with Crippen molar-refractivity contribution in [3.63, 3.8) is 0 Å². The van der Waals surface area contributed by atoms with Gasteiger partial charge >= 0.3 is 0 Å². The Kier molecular flexibility index (Phi) is 2.57. The maximum absolute atomic E-state index is 10.9. The summed E-state index contributed by atoms with van der Waals surface area (Å²) in [4.78, 5) is 0.0988. The molecule has 1 rings (SSSR count). The van der Waals surface area contributed by atoms with Crippen molar-refractivity contribution in [3.05, 3.63) is 29.3 Å². The highest BCUT2D eigenvalue weighted by molar-refractivity contribution is 9.47. The van der Waals surface area contributed by atoms with Gasteiger partial charge in [-0.2, -0.15) is 0 Å². The van der Waals surface area contributed by atoms with Gasteiger partial charge in [-0.1, -0.05) is 23.7 Å². The molecule has 0 aromatic heterocycles. The highest BCUT2D eigenvalue weighted by Crippen LogP contribution is 2.24. The van der Waals surface area contributed by atoms with Gasteiger partial charge in [-0.05, 0) is 12.1 Å². The average molecular weight is 256 g/mol. The third-order valence-electron chi connectivity index (χ3n) is 1.10. The summed E-state index contributed by atoms with van der Waals surface area (Å²) in [6, 6.07) is 6.24. The number of benzene rings is 1. The molecule has 0 N–H and O–H groups in total. The van der Waals surface area contributed by atoms with Crippen LogP contribution in [0.5, 0.6) is 0 Å². The zero-order valence-corrected chi connectivity index (χ0v) is 8.45. The minimum absolute atomic E-state index is 0.0988. The number of hydrogen-bond donors (Lipinski definition) is 0.